The van der Waals surface area contributed by atoms with Crippen LogP contribution in [-0.2, 0) is 0 Å². The van der Waals surface area contributed by atoms with E-state index in [9.17, 15) is 9.90 Å². The molecule has 2 fully saturated rings. The predicted molar refractivity (Wildman–Crippen MR) is 77.1 cm³/mol. The molecule has 2 saturated heterocycles. The monoisotopic (exact) mass is 278 g/mol. The van der Waals surface area contributed by atoms with Crippen molar-refractivity contribution in [3.05, 3.63) is 22.6 Å². The molecule has 2 aliphatic rings. The Morgan fingerprint density at radius 1 is 1.30 bits per heavy atom. The maximum Gasteiger partial charge on any atom is 0.269 e. The van der Waals surface area contributed by atoms with Crippen molar-refractivity contribution in [2.24, 2.45) is 0 Å². The van der Waals surface area contributed by atoms with Crippen LogP contribution < -0.4 is 15.8 Å². The summed E-state index contributed by atoms with van der Waals surface area (Å²) in [6.45, 7) is 3.43. The average Bonchev–Trinajstić information content (AvgIpc) is 2.49. The second kappa shape index (κ2) is 5.93. The first kappa shape index (κ1) is 13.6. The molecular formula is C14H22N4O2. The molecule has 0 aliphatic carbocycles. The first-order valence-corrected chi connectivity index (χ1v) is 7.46. The summed E-state index contributed by atoms with van der Waals surface area (Å²) in [5.41, 5.74) is 0.851. The fraction of sp³-hybridized carbons (Fsp3) is 0.714. The average molecular weight is 278 g/mol. The van der Waals surface area contributed by atoms with Gasteiger partial charge in [0.2, 0.25) is 0 Å². The van der Waals surface area contributed by atoms with Gasteiger partial charge in [-0.25, -0.2) is 4.68 Å². The Balaban J connectivity index is 1.75. The van der Waals surface area contributed by atoms with Crippen LogP contribution in [0, 0.1) is 0 Å². The number of rotatable bonds is 2. The molecule has 1 atom stereocenters. The molecule has 20 heavy (non-hydrogen) atoms. The molecule has 0 spiro atoms. The van der Waals surface area contributed by atoms with Gasteiger partial charge in [-0.15, -0.1) is 0 Å². The van der Waals surface area contributed by atoms with Gasteiger partial charge < -0.3 is 15.3 Å². The normalized spacial score (nSPS) is 24.9. The van der Waals surface area contributed by atoms with Crippen molar-refractivity contribution in [2.45, 2.75) is 37.8 Å². The minimum Gasteiger partial charge on any atom is -0.393 e. The van der Waals surface area contributed by atoms with E-state index in [2.05, 4.69) is 15.3 Å². The second-order valence-corrected chi connectivity index (χ2v) is 5.71. The summed E-state index contributed by atoms with van der Waals surface area (Å²) in [5.74, 6) is 0. The minimum absolute atomic E-state index is 0.0256. The van der Waals surface area contributed by atoms with E-state index >= 15 is 0 Å². The lowest BCUT2D eigenvalue weighted by Gasteiger charge is -2.31. The van der Waals surface area contributed by atoms with Crippen LogP contribution in [0.3, 0.4) is 0 Å². The number of nitrogens with zero attached hydrogens (tertiary/aromatic N) is 3. The van der Waals surface area contributed by atoms with Crippen molar-refractivity contribution in [2.75, 3.05) is 31.1 Å². The van der Waals surface area contributed by atoms with E-state index in [0.717, 1.165) is 57.5 Å². The van der Waals surface area contributed by atoms with Gasteiger partial charge in [-0.05, 0) is 32.2 Å². The lowest BCUT2D eigenvalue weighted by Crippen LogP contribution is -2.39. The largest absolute Gasteiger partial charge is 0.393 e. The molecule has 0 radical (unpaired) electrons. The highest BCUT2D eigenvalue weighted by Gasteiger charge is 2.20. The number of piperidine rings is 2. The summed E-state index contributed by atoms with van der Waals surface area (Å²) in [7, 11) is 0. The number of hydrogen-bond acceptors (Lipinski definition) is 5. The van der Waals surface area contributed by atoms with Crippen LogP contribution >= 0.6 is 0 Å². The van der Waals surface area contributed by atoms with Gasteiger partial charge in [0.25, 0.3) is 5.56 Å². The van der Waals surface area contributed by atoms with Crippen LogP contribution in [0.1, 0.15) is 31.7 Å². The molecular weight excluding hydrogens is 256 g/mol. The third-order valence-electron chi connectivity index (χ3n) is 4.26. The Labute approximate surface area is 118 Å². The Morgan fingerprint density at radius 2 is 2.10 bits per heavy atom. The molecule has 6 nitrogen and oxygen atoms in total. The summed E-state index contributed by atoms with van der Waals surface area (Å²) in [6, 6.07) is 1.85. The number of aromatic nitrogens is 2. The fourth-order valence-electron chi connectivity index (χ4n) is 3.02. The molecule has 1 aromatic heterocycles. The molecule has 110 valence electrons. The molecule has 1 unspecified atom stereocenters. The van der Waals surface area contributed by atoms with E-state index in [1.807, 2.05) is 0 Å². The van der Waals surface area contributed by atoms with Crippen molar-refractivity contribution in [3.63, 3.8) is 0 Å². The van der Waals surface area contributed by atoms with Crippen molar-refractivity contribution in [1.29, 1.82) is 0 Å². The smallest absolute Gasteiger partial charge is 0.269 e. The number of hydrogen-bond donors (Lipinski definition) is 2. The van der Waals surface area contributed by atoms with Gasteiger partial charge in [0.05, 0.1) is 24.0 Å². The van der Waals surface area contributed by atoms with Crippen LogP contribution in [0.2, 0.25) is 0 Å². The van der Waals surface area contributed by atoms with Crippen LogP contribution in [0.25, 0.3) is 0 Å². The van der Waals surface area contributed by atoms with E-state index in [0.29, 0.717) is 0 Å². The van der Waals surface area contributed by atoms with Crippen molar-refractivity contribution < 1.29 is 5.11 Å². The van der Waals surface area contributed by atoms with E-state index in [1.54, 1.807) is 16.9 Å². The molecule has 6 heteroatoms. The van der Waals surface area contributed by atoms with Gasteiger partial charge in [0.15, 0.2) is 0 Å². The third kappa shape index (κ3) is 2.86. The zero-order valence-corrected chi connectivity index (χ0v) is 11.7. The highest BCUT2D eigenvalue weighted by Crippen LogP contribution is 2.19. The van der Waals surface area contributed by atoms with Crippen LogP contribution in [0.4, 0.5) is 5.69 Å². The summed E-state index contributed by atoms with van der Waals surface area (Å²) in [6.07, 6.45) is 5.20. The molecule has 0 saturated carbocycles. The first-order chi connectivity index (χ1) is 9.74. The quantitative estimate of drug-likeness (QED) is 0.804. The molecule has 2 N–H and O–H groups in total. The number of nitrogens with one attached hydrogen (secondary N) is 1. The van der Waals surface area contributed by atoms with E-state index in [1.165, 1.54) is 0 Å². The van der Waals surface area contributed by atoms with Gasteiger partial charge in [0, 0.05) is 25.7 Å². The van der Waals surface area contributed by atoms with Crippen molar-refractivity contribution >= 4 is 5.69 Å². The molecule has 0 bridgehead atoms. The summed E-state index contributed by atoms with van der Waals surface area (Å²) >= 11 is 0. The first-order valence-electron chi connectivity index (χ1n) is 7.46. The highest BCUT2D eigenvalue weighted by molar-refractivity contribution is 5.43. The lowest BCUT2D eigenvalue weighted by atomic mass is 10.1. The maximum absolute atomic E-state index is 12.2. The van der Waals surface area contributed by atoms with Crippen LogP contribution in [0.5, 0.6) is 0 Å². The molecule has 3 heterocycles. The Bertz CT molecular complexity index is 502. The number of anilines is 1. The number of aliphatic hydroxyl groups excluding tert-OH is 1. The van der Waals surface area contributed by atoms with Crippen LogP contribution in [0.15, 0.2) is 17.1 Å². The van der Waals surface area contributed by atoms with Gasteiger partial charge in [-0.1, -0.05) is 0 Å². The Hall–Kier alpha value is -1.40. The van der Waals surface area contributed by atoms with Crippen LogP contribution in [-0.4, -0.2) is 47.2 Å². The third-order valence-corrected chi connectivity index (χ3v) is 4.26. The molecule has 2 aliphatic heterocycles. The van der Waals surface area contributed by atoms with E-state index in [-0.39, 0.29) is 17.7 Å². The summed E-state index contributed by atoms with van der Waals surface area (Å²) in [5, 5.41) is 17.2. The van der Waals surface area contributed by atoms with Gasteiger partial charge in [0.1, 0.15) is 0 Å². The van der Waals surface area contributed by atoms with E-state index < -0.39 is 0 Å². The van der Waals surface area contributed by atoms with Gasteiger partial charge >= 0.3 is 0 Å². The topological polar surface area (TPSA) is 70.4 Å². The zero-order chi connectivity index (χ0) is 13.9. The molecule has 1 aromatic rings. The standard InChI is InChI=1S/C14H22N4O2/c19-13-3-6-17(7-4-13)12-8-14(20)18(16-10-12)11-2-1-5-15-9-11/h8,10-11,13,15,19H,1-7,9H2. The second-order valence-electron chi connectivity index (χ2n) is 5.71. The molecule has 0 aromatic carbocycles. The fourth-order valence-corrected chi connectivity index (χ4v) is 3.02. The number of aliphatic hydroxyl groups is 1. The lowest BCUT2D eigenvalue weighted by molar-refractivity contribution is 0.145. The zero-order valence-electron chi connectivity index (χ0n) is 11.7. The highest BCUT2D eigenvalue weighted by atomic mass is 16.3. The van der Waals surface area contributed by atoms with Crippen molar-refractivity contribution in [3.8, 4) is 0 Å². The van der Waals surface area contributed by atoms with Gasteiger partial charge in [-0.3, -0.25) is 4.79 Å². The van der Waals surface area contributed by atoms with Crippen molar-refractivity contribution in [1.82, 2.24) is 15.1 Å². The Morgan fingerprint density at radius 3 is 2.75 bits per heavy atom. The minimum atomic E-state index is -0.201. The summed E-state index contributed by atoms with van der Waals surface area (Å²) in [4.78, 5) is 14.4. The van der Waals surface area contributed by atoms with Gasteiger partial charge in [-0.2, -0.15) is 5.10 Å². The molecule has 3 rings (SSSR count). The summed E-state index contributed by atoms with van der Waals surface area (Å²) < 4.78 is 1.61. The Kier molecular flexibility index (Phi) is 4.03. The molecule has 0 amide bonds. The SMILES string of the molecule is O=c1cc(N2CCC(O)CC2)cnn1C1CCCNC1. The predicted octanol–water partition coefficient (Wildman–Crippen LogP) is 0.129. The maximum atomic E-state index is 12.2. The van der Waals surface area contributed by atoms with E-state index in [4.69, 9.17) is 0 Å².